The van der Waals surface area contributed by atoms with Gasteiger partial charge >= 0.3 is 6.18 Å². The van der Waals surface area contributed by atoms with Gasteiger partial charge in [0.05, 0.1) is 5.56 Å². The van der Waals surface area contributed by atoms with Gasteiger partial charge in [-0.1, -0.05) is 24.3 Å². The summed E-state index contributed by atoms with van der Waals surface area (Å²) < 4.78 is 38.7. The smallest absolute Gasteiger partial charge is 0.363 e. The zero-order chi connectivity index (χ0) is 20.7. The number of hydrogen-bond acceptors (Lipinski definition) is 3. The van der Waals surface area contributed by atoms with E-state index in [2.05, 4.69) is 51.6 Å². The zero-order valence-electron chi connectivity index (χ0n) is 16.5. The second-order valence-corrected chi connectivity index (χ2v) is 9.16. The van der Waals surface area contributed by atoms with Crippen LogP contribution in [0.5, 0.6) is 0 Å². The van der Waals surface area contributed by atoms with Gasteiger partial charge in [0.15, 0.2) is 0 Å². The molecule has 3 heterocycles. The Labute approximate surface area is 178 Å². The predicted molar refractivity (Wildman–Crippen MR) is 116 cm³/mol. The Balaban J connectivity index is 1.28. The predicted octanol–water partition coefficient (Wildman–Crippen LogP) is 6.29. The van der Waals surface area contributed by atoms with Crippen LogP contribution >= 0.6 is 11.3 Å². The number of hydrogen-bond donors (Lipinski definition) is 0. The molecule has 2 fully saturated rings. The molecule has 6 heteroatoms. The Morgan fingerprint density at radius 3 is 2.27 bits per heavy atom. The van der Waals surface area contributed by atoms with Crippen LogP contribution < -0.4 is 4.90 Å². The van der Waals surface area contributed by atoms with Crippen molar-refractivity contribution in [3.8, 4) is 10.4 Å². The lowest BCUT2D eigenvalue weighted by molar-refractivity contribution is -0.137. The molecule has 5 rings (SSSR count). The van der Waals surface area contributed by atoms with Gasteiger partial charge in [0, 0.05) is 42.3 Å². The number of nitrogens with zero attached hydrogens (tertiary/aromatic N) is 2. The highest BCUT2D eigenvalue weighted by Crippen LogP contribution is 2.37. The zero-order valence-corrected chi connectivity index (χ0v) is 17.3. The van der Waals surface area contributed by atoms with E-state index in [9.17, 15) is 13.2 Å². The van der Waals surface area contributed by atoms with E-state index in [-0.39, 0.29) is 0 Å². The van der Waals surface area contributed by atoms with Crippen molar-refractivity contribution in [1.29, 1.82) is 0 Å². The number of halogens is 3. The largest absolute Gasteiger partial charge is 0.416 e. The molecule has 0 amide bonds. The molecule has 2 unspecified atom stereocenters. The Kier molecular flexibility index (Phi) is 5.07. The summed E-state index contributed by atoms with van der Waals surface area (Å²) in [5.74, 6) is 0. The van der Waals surface area contributed by atoms with Crippen molar-refractivity contribution in [3.63, 3.8) is 0 Å². The van der Waals surface area contributed by atoms with Crippen LogP contribution in [0.4, 0.5) is 18.9 Å². The highest BCUT2D eigenvalue weighted by Gasteiger charge is 2.40. The van der Waals surface area contributed by atoms with E-state index in [1.54, 1.807) is 23.5 Å². The molecule has 1 aromatic heterocycles. The Morgan fingerprint density at radius 2 is 1.63 bits per heavy atom. The van der Waals surface area contributed by atoms with Gasteiger partial charge in [-0.05, 0) is 65.7 Å². The number of benzene rings is 2. The molecule has 0 aliphatic carbocycles. The molecule has 2 nitrogen and oxygen atoms in total. The Morgan fingerprint density at radius 1 is 0.900 bits per heavy atom. The third kappa shape index (κ3) is 3.86. The number of piperazine rings is 1. The van der Waals surface area contributed by atoms with E-state index in [1.807, 2.05) is 0 Å². The topological polar surface area (TPSA) is 6.48 Å². The minimum atomic E-state index is -4.28. The first kappa shape index (κ1) is 19.6. The molecule has 3 aromatic rings. The summed E-state index contributed by atoms with van der Waals surface area (Å²) in [6.45, 7) is 2.80. The number of anilines is 1. The molecular weight excluding hydrogens is 405 g/mol. The normalized spacial score (nSPS) is 21.9. The van der Waals surface area contributed by atoms with Gasteiger partial charge in [-0.25, -0.2) is 0 Å². The third-order valence-electron chi connectivity index (χ3n) is 6.19. The lowest BCUT2D eigenvalue weighted by atomic mass is 10.1. The van der Waals surface area contributed by atoms with Gasteiger partial charge in [-0.3, -0.25) is 4.90 Å². The van der Waals surface area contributed by atoms with Crippen molar-refractivity contribution in [3.05, 3.63) is 77.2 Å². The lowest BCUT2D eigenvalue weighted by Crippen LogP contribution is -2.53. The van der Waals surface area contributed by atoms with Crippen LogP contribution in [0.15, 0.2) is 66.0 Å². The molecule has 2 bridgehead atoms. The third-order valence-corrected chi connectivity index (χ3v) is 7.11. The quantitative estimate of drug-likeness (QED) is 0.482. The highest BCUT2D eigenvalue weighted by atomic mass is 32.1. The number of thiophene rings is 1. The number of likely N-dealkylation sites (tertiary alicyclic amines) is 1. The van der Waals surface area contributed by atoms with Gasteiger partial charge in [0.2, 0.25) is 0 Å². The molecule has 0 saturated carbocycles. The second-order valence-electron chi connectivity index (χ2n) is 8.21. The monoisotopic (exact) mass is 428 g/mol. The van der Waals surface area contributed by atoms with Crippen LogP contribution in [0.2, 0.25) is 0 Å². The Hall–Kier alpha value is -2.31. The van der Waals surface area contributed by atoms with Crippen LogP contribution in [0.25, 0.3) is 10.4 Å². The highest BCUT2D eigenvalue weighted by molar-refractivity contribution is 7.13. The van der Waals surface area contributed by atoms with Crippen molar-refractivity contribution in [2.45, 2.75) is 37.6 Å². The number of fused-ring (bicyclic) bond motifs is 2. The molecule has 2 aliphatic heterocycles. The lowest BCUT2D eigenvalue weighted by Gasteiger charge is -2.42. The first-order valence-electron chi connectivity index (χ1n) is 10.3. The average Bonchev–Trinajstić information content (AvgIpc) is 3.35. The fourth-order valence-electron chi connectivity index (χ4n) is 4.89. The van der Waals surface area contributed by atoms with Crippen LogP contribution in [-0.4, -0.2) is 30.1 Å². The van der Waals surface area contributed by atoms with E-state index in [0.29, 0.717) is 12.1 Å². The minimum absolute atomic E-state index is 0.362. The first-order valence-corrected chi connectivity index (χ1v) is 11.2. The van der Waals surface area contributed by atoms with Gasteiger partial charge in [-0.15, -0.1) is 11.3 Å². The molecule has 0 spiro atoms. The molecule has 0 radical (unpaired) electrons. The van der Waals surface area contributed by atoms with E-state index in [0.717, 1.165) is 38.2 Å². The van der Waals surface area contributed by atoms with E-state index in [1.165, 1.54) is 28.1 Å². The van der Waals surface area contributed by atoms with Crippen molar-refractivity contribution < 1.29 is 13.2 Å². The van der Waals surface area contributed by atoms with Crippen molar-refractivity contribution in [2.75, 3.05) is 18.0 Å². The van der Waals surface area contributed by atoms with Crippen molar-refractivity contribution >= 4 is 17.0 Å². The molecular formula is C24H23F3N2S. The fraction of sp³-hybridized carbons (Fsp3) is 0.333. The van der Waals surface area contributed by atoms with E-state index < -0.39 is 11.7 Å². The van der Waals surface area contributed by atoms with Crippen LogP contribution in [0.1, 0.15) is 24.0 Å². The van der Waals surface area contributed by atoms with Crippen molar-refractivity contribution in [1.82, 2.24) is 4.90 Å². The fourth-order valence-corrected chi connectivity index (χ4v) is 5.61. The summed E-state index contributed by atoms with van der Waals surface area (Å²) in [4.78, 5) is 6.12. The summed E-state index contributed by atoms with van der Waals surface area (Å²) in [6, 6.07) is 19.4. The summed E-state index contributed by atoms with van der Waals surface area (Å²) in [6.07, 6.45) is -2.09. The summed E-state index contributed by atoms with van der Waals surface area (Å²) >= 11 is 1.75. The SMILES string of the molecule is FC(F)(F)c1ccc(N2C3CCC2CN(Cc2cccc(-c4cccs4)c2)C3)cc1. The first-order chi connectivity index (χ1) is 14.5. The maximum Gasteiger partial charge on any atom is 0.416 e. The maximum atomic E-state index is 12.9. The van der Waals surface area contributed by atoms with Gasteiger partial charge in [0.1, 0.15) is 0 Å². The standard InChI is InChI=1S/C24H23F3N2S/c25-24(26,27)19-6-8-20(9-7-19)29-21-10-11-22(29)16-28(15-21)14-17-3-1-4-18(13-17)23-5-2-12-30-23/h1-9,12-13,21-22H,10-11,14-16H2. The molecule has 2 aliphatic rings. The van der Waals surface area contributed by atoms with Crippen LogP contribution in [0, 0.1) is 0 Å². The summed E-state index contributed by atoms with van der Waals surface area (Å²) in [5.41, 5.74) is 2.90. The average molecular weight is 429 g/mol. The molecule has 2 aromatic carbocycles. The Bertz CT molecular complexity index is 984. The summed E-state index contributed by atoms with van der Waals surface area (Å²) in [5, 5.41) is 2.10. The van der Waals surface area contributed by atoms with Crippen molar-refractivity contribution in [2.24, 2.45) is 0 Å². The maximum absolute atomic E-state index is 12.9. The molecule has 2 atom stereocenters. The van der Waals surface area contributed by atoms with Gasteiger partial charge in [-0.2, -0.15) is 13.2 Å². The second kappa shape index (κ2) is 7.75. The summed E-state index contributed by atoms with van der Waals surface area (Å²) in [7, 11) is 0. The van der Waals surface area contributed by atoms with Gasteiger partial charge < -0.3 is 4.90 Å². The van der Waals surface area contributed by atoms with Gasteiger partial charge in [0.25, 0.3) is 0 Å². The number of alkyl halides is 3. The molecule has 0 N–H and O–H groups in total. The van der Waals surface area contributed by atoms with E-state index in [4.69, 9.17) is 0 Å². The van der Waals surface area contributed by atoms with Crippen LogP contribution in [-0.2, 0) is 12.7 Å². The molecule has 30 heavy (non-hydrogen) atoms. The van der Waals surface area contributed by atoms with E-state index >= 15 is 0 Å². The number of rotatable bonds is 4. The molecule has 2 saturated heterocycles. The minimum Gasteiger partial charge on any atom is -0.363 e. The van der Waals surface area contributed by atoms with Crippen LogP contribution in [0.3, 0.4) is 0 Å². The molecule has 156 valence electrons.